The number of esters is 2. The quantitative estimate of drug-likeness (QED) is 0.429. The van der Waals surface area contributed by atoms with Crippen LogP contribution in [0.1, 0.15) is 39.0 Å². The average molecular weight is 240 g/mol. The minimum absolute atomic E-state index is 0.373. The van der Waals surface area contributed by atoms with E-state index in [2.05, 4.69) is 0 Å². The van der Waals surface area contributed by atoms with E-state index in [1.807, 2.05) is 13.0 Å². The summed E-state index contributed by atoms with van der Waals surface area (Å²) >= 11 is 0. The summed E-state index contributed by atoms with van der Waals surface area (Å²) in [5, 5.41) is 0. The van der Waals surface area contributed by atoms with E-state index in [9.17, 15) is 9.59 Å². The summed E-state index contributed by atoms with van der Waals surface area (Å²) < 4.78 is 9.60. The molecule has 96 valence electrons. The number of hydrogen-bond acceptors (Lipinski definition) is 4. The Bertz CT molecular complexity index is 314. The van der Waals surface area contributed by atoms with Crippen LogP contribution in [-0.2, 0) is 19.1 Å². The van der Waals surface area contributed by atoms with Crippen LogP contribution in [0.5, 0.6) is 0 Å². The first-order valence-corrected chi connectivity index (χ1v) is 5.99. The molecule has 0 aromatic carbocycles. The molecule has 0 saturated heterocycles. The number of rotatable bonds is 4. The number of methoxy groups -OCH3 is 2. The maximum absolute atomic E-state index is 12.0. The lowest BCUT2D eigenvalue weighted by Crippen LogP contribution is -2.42. The molecule has 0 bridgehead atoms. The normalized spacial score (nSPS) is 16.1. The van der Waals surface area contributed by atoms with Crippen molar-refractivity contribution < 1.29 is 19.1 Å². The zero-order valence-corrected chi connectivity index (χ0v) is 10.7. The molecule has 17 heavy (non-hydrogen) atoms. The molecular weight excluding hydrogens is 220 g/mol. The summed E-state index contributed by atoms with van der Waals surface area (Å²) in [7, 11) is 2.61. The third kappa shape index (κ3) is 2.35. The second kappa shape index (κ2) is 5.84. The Morgan fingerprint density at radius 3 is 2.18 bits per heavy atom. The molecule has 0 amide bonds. The van der Waals surface area contributed by atoms with Gasteiger partial charge >= 0.3 is 11.9 Å². The summed E-state index contributed by atoms with van der Waals surface area (Å²) in [5.74, 6) is -1.03. The van der Waals surface area contributed by atoms with Crippen molar-refractivity contribution in [3.05, 3.63) is 11.6 Å². The van der Waals surface area contributed by atoms with Gasteiger partial charge in [0.15, 0.2) is 5.41 Å². The van der Waals surface area contributed by atoms with Crippen LogP contribution in [0.3, 0.4) is 0 Å². The molecule has 0 saturated carbocycles. The third-order valence-electron chi connectivity index (χ3n) is 3.44. The van der Waals surface area contributed by atoms with Gasteiger partial charge in [0, 0.05) is 0 Å². The van der Waals surface area contributed by atoms with Crippen molar-refractivity contribution in [1.29, 1.82) is 0 Å². The van der Waals surface area contributed by atoms with Gasteiger partial charge in [-0.2, -0.15) is 0 Å². The highest BCUT2D eigenvalue weighted by molar-refractivity contribution is 6.03. The summed E-state index contributed by atoms with van der Waals surface area (Å²) in [5.41, 5.74) is -0.380. The van der Waals surface area contributed by atoms with E-state index in [1.165, 1.54) is 14.2 Å². The molecule has 1 rings (SSSR count). The molecule has 0 atom stereocenters. The lowest BCUT2D eigenvalue weighted by atomic mass is 9.73. The van der Waals surface area contributed by atoms with E-state index in [0.29, 0.717) is 6.42 Å². The highest BCUT2D eigenvalue weighted by Gasteiger charge is 2.49. The van der Waals surface area contributed by atoms with Crippen molar-refractivity contribution in [2.75, 3.05) is 14.2 Å². The van der Waals surface area contributed by atoms with Crippen LogP contribution < -0.4 is 0 Å². The largest absolute Gasteiger partial charge is 0.468 e. The third-order valence-corrected chi connectivity index (χ3v) is 3.44. The van der Waals surface area contributed by atoms with Gasteiger partial charge in [0.25, 0.3) is 0 Å². The molecule has 0 spiro atoms. The van der Waals surface area contributed by atoms with E-state index in [4.69, 9.17) is 9.47 Å². The molecule has 0 aliphatic heterocycles. The summed E-state index contributed by atoms with van der Waals surface area (Å²) in [6, 6.07) is 0. The van der Waals surface area contributed by atoms with Gasteiger partial charge < -0.3 is 9.47 Å². The van der Waals surface area contributed by atoms with Crippen molar-refractivity contribution in [3.63, 3.8) is 0 Å². The zero-order chi connectivity index (χ0) is 12.9. The Kier molecular flexibility index (Phi) is 4.73. The highest BCUT2D eigenvalue weighted by atomic mass is 16.5. The van der Waals surface area contributed by atoms with Gasteiger partial charge in [-0.15, -0.1) is 0 Å². The minimum atomic E-state index is -1.23. The van der Waals surface area contributed by atoms with Crippen molar-refractivity contribution >= 4 is 11.9 Å². The molecule has 0 heterocycles. The highest BCUT2D eigenvalue weighted by Crippen LogP contribution is 2.39. The predicted octanol–water partition coefficient (Wildman–Crippen LogP) is 2.23. The number of allylic oxidation sites excluding steroid dienone is 1. The number of carbonyl (C=O) groups excluding carboxylic acids is 2. The lowest BCUT2D eigenvalue weighted by Gasteiger charge is -2.31. The zero-order valence-electron chi connectivity index (χ0n) is 10.7. The Balaban J connectivity index is 3.19. The van der Waals surface area contributed by atoms with Crippen molar-refractivity contribution in [2.45, 2.75) is 39.0 Å². The molecule has 0 N–H and O–H groups in total. The van der Waals surface area contributed by atoms with Gasteiger partial charge in [-0.3, -0.25) is 9.59 Å². The average Bonchev–Trinajstić information content (AvgIpc) is 2.40. The standard InChI is InChI=1S/C13H20O4/c1-4-13(11(14)16-2,12(15)17-3)10-8-6-5-7-9-10/h8H,4-7,9H2,1-3H3. The first-order valence-electron chi connectivity index (χ1n) is 5.99. The number of carbonyl (C=O) groups is 2. The Morgan fingerprint density at radius 2 is 1.82 bits per heavy atom. The van der Waals surface area contributed by atoms with Crippen LogP contribution in [0, 0.1) is 5.41 Å². The van der Waals surface area contributed by atoms with Crippen LogP contribution in [0.4, 0.5) is 0 Å². The van der Waals surface area contributed by atoms with Crippen LogP contribution in [0.2, 0.25) is 0 Å². The fourth-order valence-corrected chi connectivity index (χ4v) is 2.44. The number of ether oxygens (including phenoxy) is 2. The molecule has 1 aliphatic carbocycles. The Labute approximate surface area is 102 Å². The molecule has 1 aliphatic rings. The van der Waals surface area contributed by atoms with Gasteiger partial charge in [0.05, 0.1) is 14.2 Å². The van der Waals surface area contributed by atoms with Gasteiger partial charge in [-0.1, -0.05) is 13.0 Å². The van der Waals surface area contributed by atoms with E-state index in [1.54, 1.807) is 0 Å². The SMILES string of the molecule is CCC(C(=O)OC)(C(=O)OC)C1=CCCCC1. The van der Waals surface area contributed by atoms with Crippen LogP contribution in [0.15, 0.2) is 11.6 Å². The fraction of sp³-hybridized carbons (Fsp3) is 0.692. The van der Waals surface area contributed by atoms with Crippen molar-refractivity contribution in [3.8, 4) is 0 Å². The second-order valence-electron chi connectivity index (χ2n) is 4.22. The van der Waals surface area contributed by atoms with Crippen molar-refractivity contribution in [2.24, 2.45) is 5.41 Å². The first-order chi connectivity index (χ1) is 8.13. The van der Waals surface area contributed by atoms with E-state index in [-0.39, 0.29) is 0 Å². The maximum Gasteiger partial charge on any atom is 0.327 e. The van der Waals surface area contributed by atoms with Crippen molar-refractivity contribution in [1.82, 2.24) is 0 Å². The van der Waals surface area contributed by atoms with E-state index >= 15 is 0 Å². The Hall–Kier alpha value is -1.32. The maximum atomic E-state index is 12.0. The lowest BCUT2D eigenvalue weighted by molar-refractivity contribution is -0.166. The molecular formula is C13H20O4. The molecule has 0 fully saturated rings. The van der Waals surface area contributed by atoms with Gasteiger partial charge in [0.1, 0.15) is 0 Å². The second-order valence-corrected chi connectivity index (χ2v) is 4.22. The molecule has 0 unspecified atom stereocenters. The monoisotopic (exact) mass is 240 g/mol. The summed E-state index contributed by atoms with van der Waals surface area (Å²) in [4.78, 5) is 24.0. The van der Waals surface area contributed by atoms with Gasteiger partial charge in [-0.25, -0.2) is 0 Å². The smallest absolute Gasteiger partial charge is 0.327 e. The first kappa shape index (κ1) is 13.7. The van der Waals surface area contributed by atoms with Gasteiger partial charge in [0.2, 0.25) is 0 Å². The van der Waals surface area contributed by atoms with E-state index in [0.717, 1.165) is 31.3 Å². The molecule has 0 aromatic rings. The van der Waals surface area contributed by atoms with Crippen LogP contribution in [0.25, 0.3) is 0 Å². The fourth-order valence-electron chi connectivity index (χ4n) is 2.44. The molecule has 0 radical (unpaired) electrons. The Morgan fingerprint density at radius 1 is 1.24 bits per heavy atom. The van der Waals surface area contributed by atoms with E-state index < -0.39 is 17.4 Å². The minimum Gasteiger partial charge on any atom is -0.468 e. The van der Waals surface area contributed by atoms with Gasteiger partial charge in [-0.05, 0) is 37.7 Å². The topological polar surface area (TPSA) is 52.6 Å². The molecule has 4 heteroatoms. The molecule has 0 aromatic heterocycles. The summed E-state index contributed by atoms with van der Waals surface area (Å²) in [6.45, 7) is 1.81. The predicted molar refractivity (Wildman–Crippen MR) is 63.3 cm³/mol. The summed E-state index contributed by atoms with van der Waals surface area (Å²) in [6.07, 6.45) is 6.13. The molecule has 4 nitrogen and oxygen atoms in total. The van der Waals surface area contributed by atoms with Crippen LogP contribution >= 0.6 is 0 Å². The number of hydrogen-bond donors (Lipinski definition) is 0. The van der Waals surface area contributed by atoms with Crippen LogP contribution in [-0.4, -0.2) is 26.2 Å².